The van der Waals surface area contributed by atoms with Gasteiger partial charge in [0.25, 0.3) is 0 Å². The van der Waals surface area contributed by atoms with Crippen LogP contribution in [-0.2, 0) is 4.74 Å². The number of hydrogen-bond acceptors (Lipinski definition) is 5. The molecule has 0 saturated heterocycles. The molecule has 96 valence electrons. The second-order valence-corrected chi connectivity index (χ2v) is 5.80. The van der Waals surface area contributed by atoms with Crippen molar-refractivity contribution in [1.29, 1.82) is 0 Å². The monoisotopic (exact) mass is 328 g/mol. The maximum Gasteiger partial charge on any atom is 0.340 e. The van der Waals surface area contributed by atoms with Crippen LogP contribution in [0, 0.1) is 6.92 Å². The Morgan fingerprint density at radius 2 is 2.11 bits per heavy atom. The number of carbonyl (C=O) groups excluding carboxylic acids is 1. The highest BCUT2D eigenvalue weighted by atomic mass is 79.9. The molecule has 0 radical (unpaired) electrons. The predicted octanol–water partition coefficient (Wildman–Crippen LogP) is 3.67. The van der Waals surface area contributed by atoms with Gasteiger partial charge in [-0.3, -0.25) is 0 Å². The number of fused-ring (bicyclic) bond motifs is 1. The van der Waals surface area contributed by atoms with E-state index in [2.05, 4.69) is 25.3 Å². The molecule has 0 amide bonds. The van der Waals surface area contributed by atoms with Gasteiger partial charge in [-0.15, -0.1) is 0 Å². The average Bonchev–Trinajstić information content (AvgIpc) is 2.70. The van der Waals surface area contributed by atoms with Crippen molar-refractivity contribution in [2.75, 3.05) is 7.11 Å². The van der Waals surface area contributed by atoms with Crippen LogP contribution >= 0.6 is 27.5 Å². The topological polar surface area (TPSA) is 52.1 Å². The van der Waals surface area contributed by atoms with Gasteiger partial charge in [0.2, 0.25) is 0 Å². The summed E-state index contributed by atoms with van der Waals surface area (Å²) in [7, 11) is 1.39. The highest BCUT2D eigenvalue weighted by Gasteiger charge is 2.23. The number of hydrogen-bond donors (Lipinski definition) is 0. The van der Waals surface area contributed by atoms with E-state index < -0.39 is 0 Å². The van der Waals surface area contributed by atoms with Crippen molar-refractivity contribution in [3.05, 3.63) is 21.4 Å². The molecule has 6 heteroatoms. The summed E-state index contributed by atoms with van der Waals surface area (Å²) in [6, 6.07) is 0. The average molecular weight is 329 g/mol. The van der Waals surface area contributed by atoms with Crippen molar-refractivity contribution in [2.45, 2.75) is 26.7 Å². The number of halogens is 1. The Morgan fingerprint density at radius 3 is 2.67 bits per heavy atom. The molecule has 0 fully saturated rings. The Morgan fingerprint density at radius 1 is 1.44 bits per heavy atom. The number of carbonyl (C=O) groups is 1. The van der Waals surface area contributed by atoms with Crippen LogP contribution in [0.1, 0.15) is 41.4 Å². The molecule has 4 nitrogen and oxygen atoms in total. The Kier molecular flexibility index (Phi) is 3.68. The lowest BCUT2D eigenvalue weighted by atomic mass is 9.98. The van der Waals surface area contributed by atoms with Crippen molar-refractivity contribution in [2.24, 2.45) is 0 Å². The van der Waals surface area contributed by atoms with Crippen molar-refractivity contribution in [3.63, 3.8) is 0 Å². The van der Waals surface area contributed by atoms with Gasteiger partial charge in [0.15, 0.2) is 0 Å². The molecule has 2 aromatic heterocycles. The van der Waals surface area contributed by atoms with E-state index in [1.54, 1.807) is 0 Å². The van der Waals surface area contributed by atoms with Crippen LogP contribution in [0.25, 0.3) is 10.2 Å². The Bertz CT molecular complexity index is 622. The molecule has 0 atom stereocenters. The molecule has 0 aliphatic rings. The minimum Gasteiger partial charge on any atom is -0.465 e. The van der Waals surface area contributed by atoms with Crippen LogP contribution in [0.3, 0.4) is 0 Å². The van der Waals surface area contributed by atoms with Gasteiger partial charge in [-0.1, -0.05) is 13.8 Å². The molecule has 0 bridgehead atoms. The lowest BCUT2D eigenvalue weighted by Gasteiger charge is -2.13. The van der Waals surface area contributed by atoms with Crippen LogP contribution in [0.15, 0.2) is 4.60 Å². The second kappa shape index (κ2) is 4.93. The molecule has 0 aliphatic heterocycles. The second-order valence-electron chi connectivity index (χ2n) is 4.30. The van der Waals surface area contributed by atoms with Gasteiger partial charge in [-0.2, -0.15) is 4.37 Å². The summed E-state index contributed by atoms with van der Waals surface area (Å²) >= 11 is 4.72. The first-order valence-electron chi connectivity index (χ1n) is 5.51. The predicted molar refractivity (Wildman–Crippen MR) is 75.3 cm³/mol. The molecular formula is C12H13BrN2O2S. The lowest BCUT2D eigenvalue weighted by Crippen LogP contribution is -2.11. The summed E-state index contributed by atoms with van der Waals surface area (Å²) in [5.41, 5.74) is 2.19. The lowest BCUT2D eigenvalue weighted by molar-refractivity contribution is 0.0598. The number of ether oxygens (including phenoxy) is 1. The van der Waals surface area contributed by atoms with Crippen molar-refractivity contribution < 1.29 is 9.53 Å². The Labute approximate surface area is 118 Å². The SMILES string of the molecule is COC(=O)c1c(C(C)C)nc2snc(Br)c2c1C. The van der Waals surface area contributed by atoms with Gasteiger partial charge in [-0.05, 0) is 45.9 Å². The van der Waals surface area contributed by atoms with Crippen LogP contribution in [0.5, 0.6) is 0 Å². The fourth-order valence-electron chi connectivity index (χ4n) is 1.91. The van der Waals surface area contributed by atoms with Crippen LogP contribution < -0.4 is 0 Å². The highest BCUT2D eigenvalue weighted by Crippen LogP contribution is 2.33. The molecule has 0 N–H and O–H groups in total. The first-order valence-corrected chi connectivity index (χ1v) is 7.07. The quantitative estimate of drug-likeness (QED) is 0.789. The summed E-state index contributed by atoms with van der Waals surface area (Å²) in [5, 5.41) is 0.893. The molecule has 2 rings (SSSR count). The van der Waals surface area contributed by atoms with Crippen molar-refractivity contribution >= 4 is 43.6 Å². The summed E-state index contributed by atoms with van der Waals surface area (Å²) in [5.74, 6) is -0.188. The molecule has 2 heterocycles. The normalized spacial score (nSPS) is 11.2. The summed E-state index contributed by atoms with van der Waals surface area (Å²) in [6.45, 7) is 5.92. The van der Waals surface area contributed by atoms with Crippen LogP contribution in [-0.4, -0.2) is 22.4 Å². The highest BCUT2D eigenvalue weighted by molar-refractivity contribution is 9.10. The first-order chi connectivity index (χ1) is 8.47. The molecule has 2 aromatic rings. The zero-order valence-electron chi connectivity index (χ0n) is 10.6. The van der Waals surface area contributed by atoms with Gasteiger partial charge >= 0.3 is 5.97 Å². The molecule has 0 unspecified atom stereocenters. The molecule has 0 aromatic carbocycles. The fourth-order valence-corrected chi connectivity index (χ4v) is 3.49. The van der Waals surface area contributed by atoms with Gasteiger partial charge in [-0.25, -0.2) is 9.78 Å². The number of pyridine rings is 1. The number of nitrogens with zero attached hydrogens (tertiary/aromatic N) is 2. The van der Waals surface area contributed by atoms with Gasteiger partial charge in [0, 0.05) is 5.39 Å². The van der Waals surface area contributed by atoms with Crippen molar-refractivity contribution in [3.8, 4) is 0 Å². The van der Waals surface area contributed by atoms with Gasteiger partial charge < -0.3 is 4.74 Å². The first kappa shape index (κ1) is 13.4. The third kappa shape index (κ3) is 2.03. The molecule has 18 heavy (non-hydrogen) atoms. The maximum atomic E-state index is 11.9. The minimum absolute atomic E-state index is 0.156. The van der Waals surface area contributed by atoms with Gasteiger partial charge in [0.1, 0.15) is 9.43 Å². The fraction of sp³-hybridized carbons (Fsp3) is 0.417. The number of rotatable bonds is 2. The number of aromatic nitrogens is 2. The largest absolute Gasteiger partial charge is 0.465 e. The van der Waals surface area contributed by atoms with E-state index in [0.717, 1.165) is 26.1 Å². The third-order valence-corrected chi connectivity index (χ3v) is 4.35. The Hall–Kier alpha value is -1.01. The summed E-state index contributed by atoms with van der Waals surface area (Å²) in [4.78, 5) is 17.3. The van der Waals surface area contributed by atoms with E-state index in [0.29, 0.717) is 5.56 Å². The maximum absolute atomic E-state index is 11.9. The van der Waals surface area contributed by atoms with E-state index >= 15 is 0 Å². The van der Waals surface area contributed by atoms with Gasteiger partial charge in [0.05, 0.1) is 18.4 Å². The minimum atomic E-state index is -0.344. The molecule has 0 saturated carbocycles. The molecular weight excluding hydrogens is 316 g/mol. The smallest absolute Gasteiger partial charge is 0.340 e. The zero-order valence-corrected chi connectivity index (χ0v) is 13.0. The molecule has 0 spiro atoms. The number of esters is 1. The summed E-state index contributed by atoms with van der Waals surface area (Å²) in [6.07, 6.45) is 0. The van der Waals surface area contributed by atoms with E-state index in [1.165, 1.54) is 18.6 Å². The standard InChI is InChI=1S/C12H13BrN2O2S/c1-5(2)9-7(12(16)17-4)6(3)8-10(13)15-18-11(8)14-9/h5H,1-4H3. The van der Waals surface area contributed by atoms with Crippen molar-refractivity contribution in [1.82, 2.24) is 9.36 Å². The van der Waals surface area contributed by atoms with E-state index in [1.807, 2.05) is 20.8 Å². The van der Waals surface area contributed by atoms with E-state index in [-0.39, 0.29) is 11.9 Å². The van der Waals surface area contributed by atoms with Crippen LogP contribution in [0.4, 0.5) is 0 Å². The Balaban J connectivity index is 2.86. The summed E-state index contributed by atoms with van der Waals surface area (Å²) < 4.78 is 9.82. The number of methoxy groups -OCH3 is 1. The third-order valence-electron chi connectivity index (χ3n) is 2.80. The van der Waals surface area contributed by atoms with Crippen LogP contribution in [0.2, 0.25) is 0 Å². The van der Waals surface area contributed by atoms with E-state index in [4.69, 9.17) is 4.74 Å². The zero-order chi connectivity index (χ0) is 13.4. The van der Waals surface area contributed by atoms with E-state index in [9.17, 15) is 4.79 Å². The number of aryl methyl sites for hydroxylation is 1. The molecule has 0 aliphatic carbocycles.